The molecule has 0 radical (unpaired) electrons. The number of nitrogens with zero attached hydrogens (tertiary/aromatic N) is 2. The standard InChI is InChI=1S/C50H30N2/c51-31-32-15-14-18-34(29-32)52(33-16-2-1-3-17-33)46-30-43-47-40-24-7-4-19-35(40)36-20-5-8-25-41(36)49(47)50(48(43)42-26-9-6-23-39(42)46)44-27-12-10-21-37(44)38-22-11-13-28-45(38)50/h1-30H. The third kappa shape index (κ3) is 3.67. The fourth-order valence-corrected chi connectivity index (χ4v) is 9.57. The van der Waals surface area contributed by atoms with Crippen LogP contribution in [-0.2, 0) is 5.41 Å². The molecule has 0 aliphatic heterocycles. The molecule has 2 aliphatic rings. The molecule has 11 rings (SSSR count). The van der Waals surface area contributed by atoms with Crippen LogP contribution in [0, 0.1) is 11.3 Å². The molecular weight excluding hydrogens is 629 g/mol. The van der Waals surface area contributed by atoms with Crippen LogP contribution in [0.5, 0.6) is 0 Å². The summed E-state index contributed by atoms with van der Waals surface area (Å²) in [4.78, 5) is 2.33. The first-order valence-electron chi connectivity index (χ1n) is 17.8. The number of anilines is 3. The van der Waals surface area contributed by atoms with Gasteiger partial charge in [0.1, 0.15) is 0 Å². The van der Waals surface area contributed by atoms with E-state index < -0.39 is 5.41 Å². The van der Waals surface area contributed by atoms with Gasteiger partial charge in [-0.15, -0.1) is 0 Å². The molecule has 240 valence electrons. The molecule has 0 fully saturated rings. The van der Waals surface area contributed by atoms with Crippen LogP contribution in [0.15, 0.2) is 182 Å². The van der Waals surface area contributed by atoms with Gasteiger partial charge in [-0.1, -0.05) is 146 Å². The van der Waals surface area contributed by atoms with Crippen molar-refractivity contribution in [1.29, 1.82) is 5.26 Å². The zero-order chi connectivity index (χ0) is 34.4. The molecule has 2 heteroatoms. The Balaban J connectivity index is 1.39. The van der Waals surface area contributed by atoms with E-state index in [0.717, 1.165) is 22.4 Å². The first-order valence-corrected chi connectivity index (χ1v) is 17.8. The van der Waals surface area contributed by atoms with Gasteiger partial charge in [-0.3, -0.25) is 0 Å². The number of benzene rings is 9. The largest absolute Gasteiger partial charge is 0.310 e. The summed E-state index contributed by atoms with van der Waals surface area (Å²) in [7, 11) is 0. The molecule has 9 aromatic carbocycles. The highest BCUT2D eigenvalue weighted by Gasteiger charge is 2.54. The summed E-state index contributed by atoms with van der Waals surface area (Å²) in [6.45, 7) is 0. The zero-order valence-electron chi connectivity index (χ0n) is 28.2. The Morgan fingerprint density at radius 2 is 0.923 bits per heavy atom. The molecule has 1 spiro atoms. The van der Waals surface area contributed by atoms with Crippen LogP contribution in [0.4, 0.5) is 17.1 Å². The molecule has 0 aromatic heterocycles. The van der Waals surface area contributed by atoms with Crippen LogP contribution in [-0.4, -0.2) is 0 Å². The van der Waals surface area contributed by atoms with E-state index >= 15 is 0 Å². The van der Waals surface area contributed by atoms with Crippen molar-refractivity contribution in [2.75, 3.05) is 4.90 Å². The number of hydrogen-bond donors (Lipinski definition) is 0. The van der Waals surface area contributed by atoms with Crippen LogP contribution < -0.4 is 4.90 Å². The Morgan fingerprint density at radius 3 is 1.60 bits per heavy atom. The zero-order valence-corrected chi connectivity index (χ0v) is 28.2. The average molecular weight is 659 g/mol. The van der Waals surface area contributed by atoms with Gasteiger partial charge in [0.25, 0.3) is 0 Å². The van der Waals surface area contributed by atoms with Crippen LogP contribution in [0.3, 0.4) is 0 Å². The monoisotopic (exact) mass is 658 g/mol. The summed E-state index contributed by atoms with van der Waals surface area (Å²) in [6.07, 6.45) is 0. The molecule has 0 atom stereocenters. The second-order valence-electron chi connectivity index (χ2n) is 13.9. The van der Waals surface area contributed by atoms with E-state index in [2.05, 4.69) is 175 Å². The molecule has 0 amide bonds. The highest BCUT2D eigenvalue weighted by molar-refractivity contribution is 6.22. The van der Waals surface area contributed by atoms with Crippen LogP contribution in [0.25, 0.3) is 54.6 Å². The number of para-hydroxylation sites is 1. The predicted molar refractivity (Wildman–Crippen MR) is 215 cm³/mol. The van der Waals surface area contributed by atoms with Crippen molar-refractivity contribution in [3.63, 3.8) is 0 Å². The van der Waals surface area contributed by atoms with Crippen molar-refractivity contribution < 1.29 is 0 Å². The minimum absolute atomic E-state index is 0.544. The fraction of sp³-hybridized carbons (Fsp3) is 0.0200. The average Bonchev–Trinajstić information content (AvgIpc) is 3.69. The predicted octanol–water partition coefficient (Wildman–Crippen LogP) is 12.8. The molecule has 0 saturated carbocycles. The maximum Gasteiger partial charge on any atom is 0.0992 e. The van der Waals surface area contributed by atoms with Crippen molar-refractivity contribution in [2.24, 2.45) is 0 Å². The van der Waals surface area contributed by atoms with Gasteiger partial charge < -0.3 is 4.90 Å². The number of fused-ring (bicyclic) bond motifs is 17. The number of hydrogen-bond acceptors (Lipinski definition) is 2. The smallest absolute Gasteiger partial charge is 0.0992 e. The summed E-state index contributed by atoms with van der Waals surface area (Å²) in [5.41, 5.74) is 13.6. The normalized spacial score (nSPS) is 13.1. The highest BCUT2D eigenvalue weighted by Crippen LogP contribution is 2.67. The maximum atomic E-state index is 9.99. The molecule has 52 heavy (non-hydrogen) atoms. The third-order valence-electron chi connectivity index (χ3n) is 11.4. The van der Waals surface area contributed by atoms with Crippen molar-refractivity contribution in [2.45, 2.75) is 5.41 Å². The summed E-state index contributed by atoms with van der Waals surface area (Å²) < 4.78 is 0. The molecular formula is C50H30N2. The van der Waals surface area contributed by atoms with Gasteiger partial charge in [-0.2, -0.15) is 5.26 Å². The first kappa shape index (κ1) is 28.8. The van der Waals surface area contributed by atoms with Crippen LogP contribution >= 0.6 is 0 Å². The molecule has 0 bridgehead atoms. The lowest BCUT2D eigenvalue weighted by Crippen LogP contribution is -2.26. The maximum absolute atomic E-state index is 9.99. The van der Waals surface area contributed by atoms with Crippen molar-refractivity contribution in [3.05, 3.63) is 210 Å². The second-order valence-corrected chi connectivity index (χ2v) is 13.9. The van der Waals surface area contributed by atoms with E-state index in [-0.39, 0.29) is 0 Å². The number of nitriles is 1. The fourth-order valence-electron chi connectivity index (χ4n) is 9.57. The Labute approximate surface area is 302 Å². The van der Waals surface area contributed by atoms with E-state index in [1.165, 1.54) is 71.4 Å². The minimum atomic E-state index is -0.544. The van der Waals surface area contributed by atoms with Crippen molar-refractivity contribution in [1.82, 2.24) is 0 Å². The molecule has 9 aromatic rings. The lowest BCUT2D eigenvalue weighted by molar-refractivity contribution is 0.809. The molecule has 2 nitrogen and oxygen atoms in total. The van der Waals surface area contributed by atoms with Gasteiger partial charge in [-0.25, -0.2) is 0 Å². The SMILES string of the molecule is N#Cc1cccc(N(c2ccccc2)c2cc3c(c4ccccc24)C2(c4ccccc4-c4ccccc42)c2c-3c3ccccc3c3ccccc23)c1. The number of rotatable bonds is 3. The summed E-state index contributed by atoms with van der Waals surface area (Å²) in [5, 5.41) is 17.5. The first-order chi connectivity index (χ1) is 25.8. The molecule has 2 aliphatic carbocycles. The molecule has 0 saturated heterocycles. The van der Waals surface area contributed by atoms with E-state index in [4.69, 9.17) is 0 Å². The lowest BCUT2D eigenvalue weighted by atomic mass is 9.68. The van der Waals surface area contributed by atoms with Gasteiger partial charge in [0, 0.05) is 16.8 Å². The van der Waals surface area contributed by atoms with Gasteiger partial charge in [0.15, 0.2) is 0 Å². The van der Waals surface area contributed by atoms with Crippen LogP contribution in [0.2, 0.25) is 0 Å². The van der Waals surface area contributed by atoms with Gasteiger partial charge in [-0.05, 0) is 108 Å². The van der Waals surface area contributed by atoms with E-state index in [9.17, 15) is 5.26 Å². The third-order valence-corrected chi connectivity index (χ3v) is 11.4. The summed E-state index contributed by atoms with van der Waals surface area (Å²) >= 11 is 0. The van der Waals surface area contributed by atoms with Crippen LogP contribution in [0.1, 0.15) is 27.8 Å². The topological polar surface area (TPSA) is 27.0 Å². The van der Waals surface area contributed by atoms with Gasteiger partial charge >= 0.3 is 0 Å². The minimum Gasteiger partial charge on any atom is -0.310 e. The van der Waals surface area contributed by atoms with Crippen molar-refractivity contribution in [3.8, 4) is 28.3 Å². The Kier molecular flexibility index (Phi) is 5.98. The Hall–Kier alpha value is -6.95. The van der Waals surface area contributed by atoms with E-state index in [1.807, 2.05) is 18.2 Å². The summed E-state index contributed by atoms with van der Waals surface area (Å²) in [6, 6.07) is 68.3. The van der Waals surface area contributed by atoms with Gasteiger partial charge in [0.2, 0.25) is 0 Å². The Morgan fingerprint density at radius 1 is 0.404 bits per heavy atom. The molecule has 0 heterocycles. The molecule has 0 N–H and O–H groups in total. The molecule has 0 unspecified atom stereocenters. The highest BCUT2D eigenvalue weighted by atomic mass is 15.1. The summed E-state index contributed by atoms with van der Waals surface area (Å²) in [5.74, 6) is 0. The quantitative estimate of drug-likeness (QED) is 0.177. The van der Waals surface area contributed by atoms with Crippen molar-refractivity contribution >= 4 is 49.4 Å². The lowest BCUT2D eigenvalue weighted by Gasteiger charge is -2.33. The van der Waals surface area contributed by atoms with E-state index in [1.54, 1.807) is 0 Å². The van der Waals surface area contributed by atoms with Gasteiger partial charge in [0.05, 0.1) is 22.7 Å². The van der Waals surface area contributed by atoms with E-state index in [0.29, 0.717) is 5.56 Å². The Bertz CT molecular complexity index is 2940. The second kappa shape index (κ2) is 10.8.